The zero-order chi connectivity index (χ0) is 25.1. The summed E-state index contributed by atoms with van der Waals surface area (Å²) in [6, 6.07) is 15.8. The Morgan fingerprint density at radius 1 is 1.14 bits per heavy atom. The monoisotopic (exact) mass is 575 g/mol. The fraction of sp³-hybridized carbons (Fsp3) is 0.0800. The van der Waals surface area contributed by atoms with Gasteiger partial charge in [-0.05, 0) is 75.7 Å². The molecule has 0 bridgehead atoms. The SMILES string of the molecule is COc1cc(/C=C2\SC(=O)N(Cc3c(F)cccc3Cl)C2=O)cc(Br)c1OC(=O)c1ccccc1. The van der Waals surface area contributed by atoms with E-state index in [2.05, 4.69) is 15.9 Å². The van der Waals surface area contributed by atoms with Crippen molar-refractivity contribution in [3.05, 3.63) is 97.6 Å². The maximum Gasteiger partial charge on any atom is 0.343 e. The predicted octanol–water partition coefficient (Wildman–Crippen LogP) is 6.71. The zero-order valence-corrected chi connectivity index (χ0v) is 21.2. The molecule has 0 unspecified atom stereocenters. The van der Waals surface area contributed by atoms with Crippen LogP contribution in [0, 0.1) is 5.82 Å². The summed E-state index contributed by atoms with van der Waals surface area (Å²) in [7, 11) is 1.41. The van der Waals surface area contributed by atoms with Crippen LogP contribution < -0.4 is 9.47 Å². The molecule has 0 aromatic heterocycles. The van der Waals surface area contributed by atoms with Gasteiger partial charge in [0.15, 0.2) is 11.5 Å². The second-order valence-electron chi connectivity index (χ2n) is 7.26. The van der Waals surface area contributed by atoms with Gasteiger partial charge in [-0.3, -0.25) is 14.5 Å². The molecule has 35 heavy (non-hydrogen) atoms. The summed E-state index contributed by atoms with van der Waals surface area (Å²) in [5.41, 5.74) is 0.948. The normalized spacial score (nSPS) is 14.5. The number of benzene rings is 3. The maximum atomic E-state index is 14.2. The Morgan fingerprint density at radius 2 is 1.89 bits per heavy atom. The van der Waals surface area contributed by atoms with Crippen LogP contribution >= 0.6 is 39.3 Å². The second-order valence-corrected chi connectivity index (χ2v) is 9.51. The van der Waals surface area contributed by atoms with Crippen LogP contribution in [0.1, 0.15) is 21.5 Å². The van der Waals surface area contributed by atoms with Crippen LogP contribution in [0.25, 0.3) is 6.08 Å². The first-order valence-corrected chi connectivity index (χ1v) is 12.1. The highest BCUT2D eigenvalue weighted by molar-refractivity contribution is 9.10. The van der Waals surface area contributed by atoms with Crippen molar-refractivity contribution in [2.24, 2.45) is 0 Å². The van der Waals surface area contributed by atoms with Crippen LogP contribution in [0.3, 0.4) is 0 Å². The molecular weight excluding hydrogens is 561 g/mol. The van der Waals surface area contributed by atoms with E-state index in [9.17, 15) is 18.8 Å². The van der Waals surface area contributed by atoms with E-state index in [0.29, 0.717) is 15.6 Å². The van der Waals surface area contributed by atoms with E-state index in [0.717, 1.165) is 16.7 Å². The van der Waals surface area contributed by atoms with Crippen molar-refractivity contribution in [1.29, 1.82) is 0 Å². The average Bonchev–Trinajstić information content (AvgIpc) is 3.10. The number of halogens is 3. The molecule has 0 radical (unpaired) electrons. The van der Waals surface area contributed by atoms with Crippen molar-refractivity contribution in [2.75, 3.05) is 7.11 Å². The van der Waals surface area contributed by atoms with Gasteiger partial charge in [0.05, 0.1) is 28.6 Å². The van der Waals surface area contributed by atoms with Gasteiger partial charge in [0, 0.05) is 10.6 Å². The van der Waals surface area contributed by atoms with Gasteiger partial charge in [-0.15, -0.1) is 0 Å². The summed E-state index contributed by atoms with van der Waals surface area (Å²) < 4.78 is 25.5. The number of rotatable bonds is 6. The molecule has 0 N–H and O–H groups in total. The standard InChI is InChI=1S/C25H16BrClFNO5S/c1-33-20-11-14(10-17(26)22(20)34-24(31)15-6-3-2-4-7-15)12-21-23(30)29(25(32)35-21)13-16-18(27)8-5-9-19(16)28/h2-12H,13H2,1H3/b21-12-. The zero-order valence-electron chi connectivity index (χ0n) is 18.1. The maximum absolute atomic E-state index is 14.2. The summed E-state index contributed by atoms with van der Waals surface area (Å²) in [6.07, 6.45) is 1.50. The third-order valence-electron chi connectivity index (χ3n) is 5.01. The molecule has 10 heteroatoms. The van der Waals surface area contributed by atoms with E-state index in [4.69, 9.17) is 21.1 Å². The lowest BCUT2D eigenvalue weighted by Gasteiger charge is -2.14. The Kier molecular flexibility index (Phi) is 7.59. The molecule has 6 nitrogen and oxygen atoms in total. The number of carbonyl (C=O) groups is 3. The van der Waals surface area contributed by atoms with E-state index in [1.165, 1.54) is 31.4 Å². The van der Waals surface area contributed by atoms with Crippen molar-refractivity contribution in [2.45, 2.75) is 6.54 Å². The number of ether oxygens (including phenoxy) is 2. The molecule has 0 spiro atoms. The first-order valence-electron chi connectivity index (χ1n) is 10.1. The molecule has 1 aliphatic rings. The fourth-order valence-corrected chi connectivity index (χ4v) is 4.88. The minimum atomic E-state index is -0.602. The summed E-state index contributed by atoms with van der Waals surface area (Å²) >= 11 is 10.2. The van der Waals surface area contributed by atoms with Crippen molar-refractivity contribution in [3.8, 4) is 11.5 Å². The minimum absolute atomic E-state index is 0.0618. The van der Waals surface area contributed by atoms with Gasteiger partial charge < -0.3 is 9.47 Å². The topological polar surface area (TPSA) is 72.9 Å². The number of nitrogens with zero attached hydrogens (tertiary/aromatic N) is 1. The lowest BCUT2D eigenvalue weighted by atomic mass is 10.1. The highest BCUT2D eigenvalue weighted by Gasteiger charge is 2.36. The summed E-state index contributed by atoms with van der Waals surface area (Å²) in [5.74, 6) is -1.33. The molecule has 0 atom stereocenters. The summed E-state index contributed by atoms with van der Waals surface area (Å²) in [4.78, 5) is 38.9. The number of thioether (sulfide) groups is 1. The van der Waals surface area contributed by atoms with Crippen LogP contribution in [0.4, 0.5) is 9.18 Å². The molecular formula is C25H16BrClFNO5S. The number of carbonyl (C=O) groups excluding carboxylic acids is 3. The van der Waals surface area contributed by atoms with E-state index in [1.807, 2.05) is 0 Å². The van der Waals surface area contributed by atoms with Crippen LogP contribution in [-0.2, 0) is 11.3 Å². The van der Waals surface area contributed by atoms with Crippen LogP contribution in [0.15, 0.2) is 70.0 Å². The van der Waals surface area contributed by atoms with Crippen molar-refractivity contribution in [1.82, 2.24) is 4.90 Å². The van der Waals surface area contributed by atoms with E-state index in [-0.39, 0.29) is 33.5 Å². The Balaban J connectivity index is 1.58. The molecule has 3 aromatic carbocycles. The number of hydrogen-bond acceptors (Lipinski definition) is 6. The van der Waals surface area contributed by atoms with Crippen LogP contribution in [0.5, 0.6) is 11.5 Å². The highest BCUT2D eigenvalue weighted by Crippen LogP contribution is 2.40. The van der Waals surface area contributed by atoms with Crippen LogP contribution in [0.2, 0.25) is 5.02 Å². The van der Waals surface area contributed by atoms with Gasteiger partial charge in [-0.1, -0.05) is 35.9 Å². The molecule has 3 aromatic rings. The lowest BCUT2D eigenvalue weighted by Crippen LogP contribution is -2.28. The van der Waals surface area contributed by atoms with Gasteiger partial charge in [0.2, 0.25) is 0 Å². The van der Waals surface area contributed by atoms with Gasteiger partial charge in [0.25, 0.3) is 11.1 Å². The van der Waals surface area contributed by atoms with Gasteiger partial charge in [-0.2, -0.15) is 0 Å². The molecule has 1 heterocycles. The first-order chi connectivity index (χ1) is 16.8. The largest absolute Gasteiger partial charge is 0.493 e. The molecule has 1 saturated heterocycles. The Bertz CT molecular complexity index is 1350. The van der Waals surface area contributed by atoms with E-state index in [1.54, 1.807) is 42.5 Å². The summed E-state index contributed by atoms with van der Waals surface area (Å²) in [6.45, 7) is -0.283. The summed E-state index contributed by atoms with van der Waals surface area (Å²) in [5, 5.41) is -0.414. The van der Waals surface area contributed by atoms with E-state index >= 15 is 0 Å². The molecule has 0 aliphatic carbocycles. The Labute approximate surface area is 217 Å². The third kappa shape index (κ3) is 5.42. The van der Waals surface area contributed by atoms with Crippen molar-refractivity contribution in [3.63, 3.8) is 0 Å². The van der Waals surface area contributed by atoms with Gasteiger partial charge in [-0.25, -0.2) is 9.18 Å². The third-order valence-corrected chi connectivity index (χ3v) is 6.86. The Morgan fingerprint density at radius 3 is 2.57 bits per heavy atom. The number of hydrogen-bond donors (Lipinski definition) is 0. The predicted molar refractivity (Wildman–Crippen MR) is 135 cm³/mol. The molecule has 4 rings (SSSR count). The molecule has 2 amide bonds. The average molecular weight is 577 g/mol. The molecule has 0 saturated carbocycles. The number of imide groups is 1. The Hall–Kier alpha value is -3.14. The number of methoxy groups -OCH3 is 1. The smallest absolute Gasteiger partial charge is 0.343 e. The van der Waals surface area contributed by atoms with Crippen molar-refractivity contribution >= 4 is 62.5 Å². The fourth-order valence-electron chi connectivity index (χ4n) is 3.28. The number of amides is 2. The van der Waals surface area contributed by atoms with E-state index < -0.39 is 22.9 Å². The molecule has 1 aliphatic heterocycles. The quantitative estimate of drug-likeness (QED) is 0.185. The first kappa shape index (κ1) is 25.0. The highest BCUT2D eigenvalue weighted by atomic mass is 79.9. The second kappa shape index (κ2) is 10.6. The van der Waals surface area contributed by atoms with Gasteiger partial charge in [0.1, 0.15) is 5.82 Å². The van der Waals surface area contributed by atoms with Crippen LogP contribution in [-0.4, -0.2) is 29.1 Å². The molecule has 178 valence electrons. The molecule has 1 fully saturated rings. The number of esters is 1. The van der Waals surface area contributed by atoms with Gasteiger partial charge >= 0.3 is 5.97 Å². The minimum Gasteiger partial charge on any atom is -0.493 e. The van der Waals surface area contributed by atoms with Crippen molar-refractivity contribution < 1.29 is 28.2 Å². The lowest BCUT2D eigenvalue weighted by molar-refractivity contribution is -0.123.